The molecule has 0 fully saturated rings. The first-order chi connectivity index (χ1) is 8.35. The maximum absolute atomic E-state index is 4.08. The average molecular weight is 235 g/mol. The Kier molecular flexibility index (Phi) is 3.81. The van der Waals surface area contributed by atoms with Crippen LogP contribution in [0.25, 0.3) is 5.65 Å². The fourth-order valence-electron chi connectivity index (χ4n) is 1.68. The van der Waals surface area contributed by atoms with Crippen molar-refractivity contribution in [3.8, 4) is 0 Å². The molecule has 2 heterocycles. The van der Waals surface area contributed by atoms with E-state index in [-0.39, 0.29) is 0 Å². The topological polar surface area (TPSA) is 71.2 Å². The average Bonchev–Trinajstić information content (AvgIpc) is 2.83. The van der Waals surface area contributed by atoms with Crippen molar-refractivity contribution < 1.29 is 0 Å². The van der Waals surface area contributed by atoms with Gasteiger partial charge in [0.25, 0.3) is 0 Å². The molecule has 7 heteroatoms. The lowest BCUT2D eigenvalue weighted by molar-refractivity contribution is 0.316. The summed E-state index contributed by atoms with van der Waals surface area (Å²) in [5.41, 5.74) is 0.651. The van der Waals surface area contributed by atoms with Crippen LogP contribution in [0.5, 0.6) is 0 Å². The van der Waals surface area contributed by atoms with Gasteiger partial charge in [0.05, 0.1) is 12.4 Å². The molecular formula is C10H17N7. The van der Waals surface area contributed by atoms with Crippen molar-refractivity contribution in [2.75, 3.05) is 31.5 Å². The van der Waals surface area contributed by atoms with Crippen molar-refractivity contribution in [3.63, 3.8) is 0 Å². The van der Waals surface area contributed by atoms with Crippen LogP contribution >= 0.6 is 0 Å². The van der Waals surface area contributed by atoms with Crippen molar-refractivity contribution in [1.82, 2.24) is 29.9 Å². The van der Waals surface area contributed by atoms with Gasteiger partial charge in [0.2, 0.25) is 0 Å². The van der Waals surface area contributed by atoms with Crippen LogP contribution in [-0.4, -0.2) is 56.1 Å². The SMILES string of the molecule is CCN(CC)CCNc1cncc2nnnn12. The molecule has 17 heavy (non-hydrogen) atoms. The first-order valence-electron chi connectivity index (χ1n) is 5.83. The lowest BCUT2D eigenvalue weighted by Gasteiger charge is -2.18. The number of anilines is 1. The minimum Gasteiger partial charge on any atom is -0.367 e. The van der Waals surface area contributed by atoms with Gasteiger partial charge in [-0.1, -0.05) is 13.8 Å². The summed E-state index contributed by atoms with van der Waals surface area (Å²) in [6.45, 7) is 8.28. The van der Waals surface area contributed by atoms with Gasteiger partial charge in [0.1, 0.15) is 5.82 Å². The fourth-order valence-corrected chi connectivity index (χ4v) is 1.68. The lowest BCUT2D eigenvalue weighted by Crippen LogP contribution is -2.29. The smallest absolute Gasteiger partial charge is 0.199 e. The van der Waals surface area contributed by atoms with Crippen molar-refractivity contribution in [2.24, 2.45) is 0 Å². The summed E-state index contributed by atoms with van der Waals surface area (Å²) in [7, 11) is 0. The van der Waals surface area contributed by atoms with Crippen molar-refractivity contribution >= 4 is 11.5 Å². The summed E-state index contributed by atoms with van der Waals surface area (Å²) < 4.78 is 1.65. The van der Waals surface area contributed by atoms with E-state index in [1.54, 1.807) is 16.9 Å². The summed E-state index contributed by atoms with van der Waals surface area (Å²) in [6.07, 6.45) is 3.36. The number of likely N-dealkylation sites (N-methyl/N-ethyl adjacent to an activating group) is 1. The van der Waals surface area contributed by atoms with E-state index in [0.717, 1.165) is 32.0 Å². The molecule has 7 nitrogen and oxygen atoms in total. The second-order valence-electron chi connectivity index (χ2n) is 3.70. The molecule has 2 aromatic heterocycles. The molecule has 0 amide bonds. The number of aromatic nitrogens is 5. The van der Waals surface area contributed by atoms with Crippen LogP contribution in [0, 0.1) is 0 Å². The first kappa shape index (κ1) is 11.7. The number of tetrazole rings is 1. The van der Waals surface area contributed by atoms with Crippen LogP contribution < -0.4 is 5.32 Å². The highest BCUT2D eigenvalue weighted by atomic mass is 15.5. The Morgan fingerprint density at radius 1 is 1.29 bits per heavy atom. The molecule has 0 saturated carbocycles. The highest BCUT2D eigenvalue weighted by Crippen LogP contribution is 2.04. The van der Waals surface area contributed by atoms with E-state index < -0.39 is 0 Å². The van der Waals surface area contributed by atoms with Crippen LogP contribution in [0.3, 0.4) is 0 Å². The molecule has 0 radical (unpaired) electrons. The van der Waals surface area contributed by atoms with Gasteiger partial charge < -0.3 is 10.2 Å². The molecule has 0 spiro atoms. The molecule has 1 N–H and O–H groups in total. The Hall–Kier alpha value is -1.76. The monoisotopic (exact) mass is 235 g/mol. The summed E-state index contributed by atoms with van der Waals surface area (Å²) in [5, 5.41) is 14.6. The highest BCUT2D eigenvalue weighted by molar-refractivity contribution is 5.43. The zero-order chi connectivity index (χ0) is 12.1. The number of hydrogen-bond acceptors (Lipinski definition) is 6. The Morgan fingerprint density at radius 2 is 2.12 bits per heavy atom. The minimum absolute atomic E-state index is 0.651. The Balaban J connectivity index is 1.97. The van der Waals surface area contributed by atoms with Crippen molar-refractivity contribution in [2.45, 2.75) is 13.8 Å². The summed E-state index contributed by atoms with van der Waals surface area (Å²) in [4.78, 5) is 6.43. The van der Waals surface area contributed by atoms with E-state index in [1.165, 1.54) is 0 Å². The third kappa shape index (κ3) is 2.68. The molecule has 0 bridgehead atoms. The van der Waals surface area contributed by atoms with Crippen LogP contribution in [0.15, 0.2) is 12.4 Å². The third-order valence-corrected chi connectivity index (χ3v) is 2.74. The van der Waals surface area contributed by atoms with Gasteiger partial charge in [-0.25, -0.2) is 0 Å². The molecule has 2 aromatic rings. The van der Waals surface area contributed by atoms with Gasteiger partial charge in [-0.2, -0.15) is 4.52 Å². The van der Waals surface area contributed by atoms with E-state index in [1.807, 2.05) is 0 Å². The Bertz CT molecular complexity index is 462. The van der Waals surface area contributed by atoms with Gasteiger partial charge in [-0.3, -0.25) is 4.98 Å². The quantitative estimate of drug-likeness (QED) is 0.775. The molecule has 2 rings (SSSR count). The zero-order valence-electron chi connectivity index (χ0n) is 10.2. The third-order valence-electron chi connectivity index (χ3n) is 2.74. The maximum atomic E-state index is 4.08. The lowest BCUT2D eigenvalue weighted by atomic mass is 10.4. The van der Waals surface area contributed by atoms with E-state index in [2.05, 4.69) is 44.6 Å². The van der Waals surface area contributed by atoms with E-state index in [4.69, 9.17) is 0 Å². The second-order valence-corrected chi connectivity index (χ2v) is 3.70. The Morgan fingerprint density at radius 3 is 2.88 bits per heavy atom. The van der Waals surface area contributed by atoms with Gasteiger partial charge in [-0.05, 0) is 23.5 Å². The zero-order valence-corrected chi connectivity index (χ0v) is 10.2. The van der Waals surface area contributed by atoms with E-state index in [9.17, 15) is 0 Å². The van der Waals surface area contributed by atoms with Gasteiger partial charge in [-0.15, -0.1) is 5.10 Å². The Labute approximate surface area is 99.8 Å². The number of rotatable bonds is 6. The first-order valence-corrected chi connectivity index (χ1v) is 5.83. The van der Waals surface area contributed by atoms with Crippen molar-refractivity contribution in [1.29, 1.82) is 0 Å². The van der Waals surface area contributed by atoms with Gasteiger partial charge >= 0.3 is 0 Å². The molecular weight excluding hydrogens is 218 g/mol. The molecule has 0 unspecified atom stereocenters. The fraction of sp³-hybridized carbons (Fsp3) is 0.600. The largest absolute Gasteiger partial charge is 0.367 e. The number of nitrogens with zero attached hydrogens (tertiary/aromatic N) is 6. The summed E-state index contributed by atoms with van der Waals surface area (Å²) in [6, 6.07) is 0. The summed E-state index contributed by atoms with van der Waals surface area (Å²) in [5.74, 6) is 0.819. The molecule has 0 aliphatic heterocycles. The van der Waals surface area contributed by atoms with Crippen LogP contribution in [-0.2, 0) is 0 Å². The summed E-state index contributed by atoms with van der Waals surface area (Å²) >= 11 is 0. The molecule has 92 valence electrons. The van der Waals surface area contributed by atoms with Crippen LogP contribution in [0.4, 0.5) is 5.82 Å². The van der Waals surface area contributed by atoms with Gasteiger partial charge in [0, 0.05) is 13.1 Å². The molecule has 0 aliphatic carbocycles. The molecule has 0 atom stereocenters. The molecule has 0 saturated heterocycles. The molecule has 0 aliphatic rings. The van der Waals surface area contributed by atoms with Gasteiger partial charge in [0.15, 0.2) is 5.65 Å². The van der Waals surface area contributed by atoms with Crippen LogP contribution in [0.2, 0.25) is 0 Å². The number of hydrogen-bond donors (Lipinski definition) is 1. The second kappa shape index (κ2) is 5.53. The predicted octanol–water partition coefficient (Wildman–Crippen LogP) is 0.273. The standard InChI is InChI=1S/C10H17N7/c1-3-16(4-2)6-5-12-9-7-11-8-10-13-14-15-17(9)10/h7-8,12H,3-6H2,1-2H3. The van der Waals surface area contributed by atoms with E-state index >= 15 is 0 Å². The normalized spacial score (nSPS) is 11.2. The highest BCUT2D eigenvalue weighted by Gasteiger charge is 2.03. The molecule has 0 aromatic carbocycles. The van der Waals surface area contributed by atoms with E-state index in [0.29, 0.717) is 5.65 Å². The number of nitrogens with one attached hydrogen (secondary N) is 1. The maximum Gasteiger partial charge on any atom is 0.199 e. The van der Waals surface area contributed by atoms with Crippen LogP contribution in [0.1, 0.15) is 13.8 Å². The van der Waals surface area contributed by atoms with Crippen molar-refractivity contribution in [3.05, 3.63) is 12.4 Å². The number of fused-ring (bicyclic) bond motifs is 1. The minimum atomic E-state index is 0.651. The predicted molar refractivity (Wildman–Crippen MR) is 64.9 cm³/mol.